The van der Waals surface area contributed by atoms with Crippen molar-refractivity contribution in [1.29, 1.82) is 0 Å². The summed E-state index contributed by atoms with van der Waals surface area (Å²) in [4.78, 5) is 2.75. The Kier molecular flexibility index (Phi) is 4.26. The van der Waals surface area contributed by atoms with E-state index in [4.69, 9.17) is 0 Å². The van der Waals surface area contributed by atoms with E-state index >= 15 is 0 Å². The molecular weight excluding hydrogens is 196 g/mol. The van der Waals surface area contributed by atoms with Crippen LogP contribution in [0, 0.1) is 0 Å². The van der Waals surface area contributed by atoms with Gasteiger partial charge in [0.2, 0.25) is 0 Å². The van der Waals surface area contributed by atoms with Crippen LogP contribution < -0.4 is 5.32 Å². The Morgan fingerprint density at radius 2 is 1.81 bits per heavy atom. The fourth-order valence-corrected chi connectivity index (χ4v) is 3.67. The van der Waals surface area contributed by atoms with Crippen LogP contribution in [0.2, 0.25) is 0 Å². The number of hydrogen-bond donors (Lipinski definition) is 1. The van der Waals surface area contributed by atoms with Crippen molar-refractivity contribution in [1.82, 2.24) is 10.2 Å². The van der Waals surface area contributed by atoms with Gasteiger partial charge >= 0.3 is 0 Å². The standard InChI is InChI=1S/C14H28N2/c1-3-13(4-2)16-11-10-15-14(12-16)8-6-5-7-9-14/h13,15H,3-12H2,1-2H3. The largest absolute Gasteiger partial charge is 0.309 e. The minimum atomic E-state index is 0.485. The lowest BCUT2D eigenvalue weighted by atomic mass is 9.79. The summed E-state index contributed by atoms with van der Waals surface area (Å²) in [6, 6.07) is 0.820. The molecule has 2 heteroatoms. The van der Waals surface area contributed by atoms with Crippen molar-refractivity contribution in [2.45, 2.75) is 70.4 Å². The fraction of sp³-hybridized carbons (Fsp3) is 1.00. The number of piperazine rings is 1. The van der Waals surface area contributed by atoms with Gasteiger partial charge in [-0.3, -0.25) is 4.90 Å². The van der Waals surface area contributed by atoms with Crippen LogP contribution in [-0.4, -0.2) is 36.1 Å². The summed E-state index contributed by atoms with van der Waals surface area (Å²) in [5, 5.41) is 3.83. The molecule has 1 heterocycles. The molecule has 1 saturated heterocycles. The van der Waals surface area contributed by atoms with Gasteiger partial charge in [-0.25, -0.2) is 0 Å². The van der Waals surface area contributed by atoms with E-state index in [2.05, 4.69) is 24.1 Å². The molecule has 2 rings (SSSR count). The molecule has 1 saturated carbocycles. The minimum absolute atomic E-state index is 0.485. The Labute approximate surface area is 101 Å². The second kappa shape index (κ2) is 5.50. The van der Waals surface area contributed by atoms with Gasteiger partial charge in [-0.15, -0.1) is 0 Å². The Bertz CT molecular complexity index is 199. The van der Waals surface area contributed by atoms with E-state index in [-0.39, 0.29) is 0 Å². The second-order valence-electron chi connectivity index (χ2n) is 5.71. The maximum Gasteiger partial charge on any atom is 0.0309 e. The first-order chi connectivity index (χ1) is 7.79. The van der Waals surface area contributed by atoms with E-state index in [1.165, 1.54) is 64.6 Å². The highest BCUT2D eigenvalue weighted by Gasteiger charge is 2.37. The molecule has 0 bridgehead atoms. The highest BCUT2D eigenvalue weighted by atomic mass is 15.2. The van der Waals surface area contributed by atoms with Crippen molar-refractivity contribution in [2.24, 2.45) is 0 Å². The highest BCUT2D eigenvalue weighted by molar-refractivity contribution is 4.97. The molecule has 0 radical (unpaired) electrons. The van der Waals surface area contributed by atoms with Gasteiger partial charge in [0.25, 0.3) is 0 Å². The van der Waals surface area contributed by atoms with Crippen LogP contribution in [-0.2, 0) is 0 Å². The van der Waals surface area contributed by atoms with Gasteiger partial charge < -0.3 is 5.32 Å². The number of nitrogens with one attached hydrogen (secondary N) is 1. The maximum atomic E-state index is 3.83. The molecule has 2 aliphatic rings. The van der Waals surface area contributed by atoms with E-state index in [0.29, 0.717) is 5.54 Å². The maximum absolute atomic E-state index is 3.83. The summed E-state index contributed by atoms with van der Waals surface area (Å²) in [7, 11) is 0. The summed E-state index contributed by atoms with van der Waals surface area (Å²) in [5.74, 6) is 0. The average molecular weight is 224 g/mol. The molecule has 1 aliphatic heterocycles. The van der Waals surface area contributed by atoms with E-state index in [0.717, 1.165) is 6.04 Å². The molecule has 1 aliphatic carbocycles. The lowest BCUT2D eigenvalue weighted by molar-refractivity contribution is 0.0648. The van der Waals surface area contributed by atoms with Gasteiger partial charge in [0.15, 0.2) is 0 Å². The van der Waals surface area contributed by atoms with Gasteiger partial charge in [-0.1, -0.05) is 33.1 Å². The first kappa shape index (κ1) is 12.4. The van der Waals surface area contributed by atoms with Gasteiger partial charge in [-0.05, 0) is 25.7 Å². The van der Waals surface area contributed by atoms with Crippen molar-refractivity contribution >= 4 is 0 Å². The summed E-state index contributed by atoms with van der Waals surface area (Å²) < 4.78 is 0. The molecule has 94 valence electrons. The molecule has 1 N–H and O–H groups in total. The van der Waals surface area contributed by atoms with Crippen LogP contribution in [0.4, 0.5) is 0 Å². The number of nitrogens with zero attached hydrogens (tertiary/aromatic N) is 1. The van der Waals surface area contributed by atoms with Crippen LogP contribution in [0.1, 0.15) is 58.8 Å². The van der Waals surface area contributed by atoms with Crippen LogP contribution in [0.25, 0.3) is 0 Å². The molecule has 0 aromatic heterocycles. The summed E-state index contributed by atoms with van der Waals surface area (Å²) in [5.41, 5.74) is 0.485. The lowest BCUT2D eigenvalue weighted by Gasteiger charge is -2.48. The van der Waals surface area contributed by atoms with Crippen LogP contribution >= 0.6 is 0 Å². The molecule has 0 unspecified atom stereocenters. The second-order valence-corrected chi connectivity index (χ2v) is 5.71. The third kappa shape index (κ3) is 2.60. The molecule has 16 heavy (non-hydrogen) atoms. The zero-order chi connectivity index (χ0) is 11.4. The number of rotatable bonds is 3. The predicted molar refractivity (Wildman–Crippen MR) is 69.8 cm³/mol. The van der Waals surface area contributed by atoms with Crippen molar-refractivity contribution in [3.63, 3.8) is 0 Å². The molecule has 0 amide bonds. The van der Waals surface area contributed by atoms with Gasteiger partial charge in [-0.2, -0.15) is 0 Å². The van der Waals surface area contributed by atoms with Gasteiger partial charge in [0.05, 0.1) is 0 Å². The van der Waals surface area contributed by atoms with Crippen molar-refractivity contribution in [2.75, 3.05) is 19.6 Å². The SMILES string of the molecule is CCC(CC)N1CCNC2(CCCCC2)C1. The van der Waals surface area contributed by atoms with Crippen LogP contribution in [0.5, 0.6) is 0 Å². The van der Waals surface area contributed by atoms with Crippen LogP contribution in [0.15, 0.2) is 0 Å². The zero-order valence-electron chi connectivity index (χ0n) is 11.1. The van der Waals surface area contributed by atoms with Crippen molar-refractivity contribution in [3.8, 4) is 0 Å². The van der Waals surface area contributed by atoms with E-state index in [9.17, 15) is 0 Å². The average Bonchev–Trinajstić information content (AvgIpc) is 2.32. The topological polar surface area (TPSA) is 15.3 Å². The Morgan fingerprint density at radius 1 is 1.12 bits per heavy atom. The predicted octanol–water partition coefficient (Wildman–Crippen LogP) is 2.78. The zero-order valence-corrected chi connectivity index (χ0v) is 11.1. The summed E-state index contributed by atoms with van der Waals surface area (Å²) in [6.07, 6.45) is 9.76. The summed E-state index contributed by atoms with van der Waals surface area (Å²) >= 11 is 0. The molecule has 2 fully saturated rings. The molecule has 1 spiro atoms. The Morgan fingerprint density at radius 3 is 2.44 bits per heavy atom. The van der Waals surface area contributed by atoms with E-state index in [1.54, 1.807) is 0 Å². The third-order valence-corrected chi connectivity index (χ3v) is 4.67. The van der Waals surface area contributed by atoms with Crippen LogP contribution in [0.3, 0.4) is 0 Å². The van der Waals surface area contributed by atoms with Gasteiger partial charge in [0.1, 0.15) is 0 Å². The molecule has 2 nitrogen and oxygen atoms in total. The molecular formula is C14H28N2. The minimum Gasteiger partial charge on any atom is -0.309 e. The first-order valence-corrected chi connectivity index (χ1v) is 7.29. The summed E-state index contributed by atoms with van der Waals surface area (Å²) in [6.45, 7) is 8.44. The van der Waals surface area contributed by atoms with E-state index in [1.807, 2.05) is 0 Å². The van der Waals surface area contributed by atoms with E-state index < -0.39 is 0 Å². The van der Waals surface area contributed by atoms with Gasteiger partial charge in [0, 0.05) is 31.2 Å². The highest BCUT2D eigenvalue weighted by Crippen LogP contribution is 2.31. The molecule has 0 atom stereocenters. The Hall–Kier alpha value is -0.0800. The lowest BCUT2D eigenvalue weighted by Crippen LogP contribution is -2.62. The first-order valence-electron chi connectivity index (χ1n) is 7.29. The number of hydrogen-bond acceptors (Lipinski definition) is 2. The third-order valence-electron chi connectivity index (χ3n) is 4.67. The normalized spacial score (nSPS) is 26.4. The smallest absolute Gasteiger partial charge is 0.0309 e. The molecule has 0 aromatic rings. The molecule has 0 aromatic carbocycles. The fourth-order valence-electron chi connectivity index (χ4n) is 3.67. The quantitative estimate of drug-likeness (QED) is 0.793. The van der Waals surface area contributed by atoms with Crippen molar-refractivity contribution in [3.05, 3.63) is 0 Å². The monoisotopic (exact) mass is 224 g/mol. The Balaban J connectivity index is 1.97. The van der Waals surface area contributed by atoms with Crippen molar-refractivity contribution < 1.29 is 0 Å².